The number of anilines is 1. The second-order valence-electron chi connectivity index (χ2n) is 3.93. The molecular weight excluding hydrogens is 285 g/mol. The first kappa shape index (κ1) is 13.8. The van der Waals surface area contributed by atoms with Gasteiger partial charge in [-0.05, 0) is 30.3 Å². The average molecular weight is 298 g/mol. The van der Waals surface area contributed by atoms with E-state index in [2.05, 4.69) is 0 Å². The molecular formula is C14H13Cl2NO2. The van der Waals surface area contributed by atoms with Gasteiger partial charge in [0.1, 0.15) is 18.1 Å². The molecule has 0 saturated heterocycles. The largest absolute Gasteiger partial charge is 0.496 e. The Morgan fingerprint density at radius 2 is 1.84 bits per heavy atom. The second-order valence-corrected chi connectivity index (χ2v) is 4.78. The van der Waals surface area contributed by atoms with Gasteiger partial charge in [-0.25, -0.2) is 0 Å². The summed E-state index contributed by atoms with van der Waals surface area (Å²) in [6.45, 7) is 0.300. The van der Waals surface area contributed by atoms with Gasteiger partial charge in [0, 0.05) is 22.3 Å². The molecule has 0 amide bonds. The van der Waals surface area contributed by atoms with Crippen LogP contribution in [0.5, 0.6) is 11.5 Å². The van der Waals surface area contributed by atoms with E-state index < -0.39 is 0 Å². The Morgan fingerprint density at radius 1 is 1.05 bits per heavy atom. The first-order valence-electron chi connectivity index (χ1n) is 5.60. The molecule has 0 aliphatic carbocycles. The zero-order valence-electron chi connectivity index (χ0n) is 10.3. The average Bonchev–Trinajstić information content (AvgIpc) is 2.40. The minimum Gasteiger partial charge on any atom is -0.496 e. The molecule has 0 saturated carbocycles. The van der Waals surface area contributed by atoms with Crippen LogP contribution in [0.3, 0.4) is 0 Å². The van der Waals surface area contributed by atoms with E-state index in [0.717, 1.165) is 5.56 Å². The smallest absolute Gasteiger partial charge is 0.139 e. The van der Waals surface area contributed by atoms with Crippen LogP contribution in [0, 0.1) is 0 Å². The van der Waals surface area contributed by atoms with Gasteiger partial charge in [-0.15, -0.1) is 0 Å². The Morgan fingerprint density at radius 3 is 2.58 bits per heavy atom. The lowest BCUT2D eigenvalue weighted by Gasteiger charge is -2.12. The van der Waals surface area contributed by atoms with Crippen molar-refractivity contribution in [1.82, 2.24) is 0 Å². The molecule has 2 aromatic rings. The molecule has 0 aliphatic heterocycles. The van der Waals surface area contributed by atoms with E-state index in [1.165, 1.54) is 0 Å². The normalized spacial score (nSPS) is 10.3. The van der Waals surface area contributed by atoms with Gasteiger partial charge in [-0.3, -0.25) is 0 Å². The highest BCUT2D eigenvalue weighted by Crippen LogP contribution is 2.30. The predicted octanol–water partition coefficient (Wildman–Crippen LogP) is 4.16. The number of nitrogen functional groups attached to an aromatic ring is 1. The number of rotatable bonds is 4. The van der Waals surface area contributed by atoms with Crippen molar-refractivity contribution < 1.29 is 9.47 Å². The summed E-state index contributed by atoms with van der Waals surface area (Å²) in [5, 5.41) is 1.08. The number of nitrogens with two attached hydrogens (primary N) is 1. The van der Waals surface area contributed by atoms with Gasteiger partial charge < -0.3 is 15.2 Å². The van der Waals surface area contributed by atoms with Gasteiger partial charge in [-0.2, -0.15) is 0 Å². The van der Waals surface area contributed by atoms with Crippen LogP contribution >= 0.6 is 23.2 Å². The van der Waals surface area contributed by atoms with Crippen LogP contribution in [0.15, 0.2) is 36.4 Å². The van der Waals surface area contributed by atoms with Crippen molar-refractivity contribution >= 4 is 28.9 Å². The summed E-state index contributed by atoms with van der Waals surface area (Å²) in [5.41, 5.74) is 7.24. The molecule has 0 bridgehead atoms. The van der Waals surface area contributed by atoms with Gasteiger partial charge in [0.05, 0.1) is 12.1 Å². The van der Waals surface area contributed by atoms with Crippen LogP contribution in [0.2, 0.25) is 10.0 Å². The second kappa shape index (κ2) is 6.04. The maximum atomic E-state index is 6.03. The van der Waals surface area contributed by atoms with E-state index in [1.54, 1.807) is 43.5 Å². The van der Waals surface area contributed by atoms with Crippen molar-refractivity contribution in [2.45, 2.75) is 6.61 Å². The Bertz CT molecular complexity index is 588. The monoisotopic (exact) mass is 297 g/mol. The summed E-state index contributed by atoms with van der Waals surface area (Å²) < 4.78 is 10.9. The summed E-state index contributed by atoms with van der Waals surface area (Å²) in [6.07, 6.45) is 0. The summed E-state index contributed by atoms with van der Waals surface area (Å²) >= 11 is 11.9. The maximum Gasteiger partial charge on any atom is 0.139 e. The van der Waals surface area contributed by atoms with Crippen LogP contribution in [0.4, 0.5) is 5.69 Å². The van der Waals surface area contributed by atoms with Gasteiger partial charge in [0.25, 0.3) is 0 Å². The fourth-order valence-electron chi connectivity index (χ4n) is 1.65. The molecule has 2 N–H and O–H groups in total. The van der Waals surface area contributed by atoms with Crippen LogP contribution < -0.4 is 15.2 Å². The summed E-state index contributed by atoms with van der Waals surface area (Å²) in [4.78, 5) is 0. The highest BCUT2D eigenvalue weighted by Gasteiger charge is 2.07. The summed E-state index contributed by atoms with van der Waals surface area (Å²) in [5.74, 6) is 1.24. The molecule has 0 aliphatic rings. The fraction of sp³-hybridized carbons (Fsp3) is 0.143. The highest BCUT2D eigenvalue weighted by molar-refractivity contribution is 6.34. The molecule has 3 nitrogen and oxygen atoms in total. The predicted molar refractivity (Wildman–Crippen MR) is 78.2 cm³/mol. The number of ether oxygens (including phenoxy) is 2. The molecule has 0 atom stereocenters. The first-order valence-corrected chi connectivity index (χ1v) is 6.36. The molecule has 2 aromatic carbocycles. The van der Waals surface area contributed by atoms with E-state index >= 15 is 0 Å². The van der Waals surface area contributed by atoms with Crippen LogP contribution in [0.1, 0.15) is 5.56 Å². The standard InChI is InChI=1S/C14H13Cl2NO2/c1-18-13-5-3-11(17)6-9(13)8-19-14-7-10(15)2-4-12(14)16/h2-7H,8,17H2,1H3. The maximum absolute atomic E-state index is 6.03. The van der Waals surface area contributed by atoms with Crippen molar-refractivity contribution in [2.75, 3.05) is 12.8 Å². The lowest BCUT2D eigenvalue weighted by molar-refractivity contribution is 0.297. The van der Waals surface area contributed by atoms with Crippen molar-refractivity contribution in [3.63, 3.8) is 0 Å². The lowest BCUT2D eigenvalue weighted by atomic mass is 10.2. The lowest BCUT2D eigenvalue weighted by Crippen LogP contribution is -2.00. The Labute approximate surface area is 121 Å². The molecule has 0 aromatic heterocycles. The number of halogens is 2. The fourth-order valence-corrected chi connectivity index (χ4v) is 1.99. The molecule has 0 heterocycles. The quantitative estimate of drug-likeness (QED) is 0.862. The van der Waals surface area contributed by atoms with Crippen LogP contribution in [0.25, 0.3) is 0 Å². The van der Waals surface area contributed by atoms with E-state index in [4.69, 9.17) is 38.4 Å². The molecule has 0 radical (unpaired) electrons. The molecule has 0 spiro atoms. The minimum absolute atomic E-state index is 0.300. The van der Waals surface area contributed by atoms with Gasteiger partial charge >= 0.3 is 0 Å². The zero-order valence-corrected chi connectivity index (χ0v) is 11.8. The van der Waals surface area contributed by atoms with Crippen molar-refractivity contribution in [3.8, 4) is 11.5 Å². The third-order valence-electron chi connectivity index (χ3n) is 2.58. The Balaban J connectivity index is 2.18. The molecule has 2 rings (SSSR count). The third kappa shape index (κ3) is 3.46. The van der Waals surface area contributed by atoms with Gasteiger partial charge in [0.15, 0.2) is 0 Å². The molecule has 19 heavy (non-hydrogen) atoms. The molecule has 100 valence electrons. The Kier molecular flexibility index (Phi) is 4.40. The number of methoxy groups -OCH3 is 1. The van der Waals surface area contributed by atoms with E-state index in [0.29, 0.717) is 33.8 Å². The molecule has 5 heteroatoms. The van der Waals surface area contributed by atoms with Crippen LogP contribution in [-0.2, 0) is 6.61 Å². The molecule has 0 fully saturated rings. The van der Waals surface area contributed by atoms with Crippen molar-refractivity contribution in [2.24, 2.45) is 0 Å². The van der Waals surface area contributed by atoms with Crippen LogP contribution in [-0.4, -0.2) is 7.11 Å². The number of benzene rings is 2. The SMILES string of the molecule is COc1ccc(N)cc1COc1cc(Cl)ccc1Cl. The first-order chi connectivity index (χ1) is 9.10. The Hall–Kier alpha value is -1.58. The highest BCUT2D eigenvalue weighted by atomic mass is 35.5. The van der Waals surface area contributed by atoms with Crippen molar-refractivity contribution in [1.29, 1.82) is 0 Å². The zero-order chi connectivity index (χ0) is 13.8. The third-order valence-corrected chi connectivity index (χ3v) is 3.13. The summed E-state index contributed by atoms with van der Waals surface area (Å²) in [7, 11) is 1.60. The van der Waals surface area contributed by atoms with Gasteiger partial charge in [-0.1, -0.05) is 23.2 Å². The minimum atomic E-state index is 0.300. The van der Waals surface area contributed by atoms with E-state index in [1.807, 2.05) is 0 Å². The van der Waals surface area contributed by atoms with E-state index in [-0.39, 0.29) is 0 Å². The number of hydrogen-bond donors (Lipinski definition) is 1. The topological polar surface area (TPSA) is 44.5 Å². The summed E-state index contributed by atoms with van der Waals surface area (Å²) in [6, 6.07) is 10.4. The molecule has 0 unspecified atom stereocenters. The number of hydrogen-bond acceptors (Lipinski definition) is 3. The van der Waals surface area contributed by atoms with Gasteiger partial charge in [0.2, 0.25) is 0 Å². The van der Waals surface area contributed by atoms with E-state index in [9.17, 15) is 0 Å². The van der Waals surface area contributed by atoms with Crippen molar-refractivity contribution in [3.05, 3.63) is 52.0 Å².